The summed E-state index contributed by atoms with van der Waals surface area (Å²) in [6, 6.07) is 8.00. The number of carbonyl (C=O) groups excluding carboxylic acids is 1. The van der Waals surface area contributed by atoms with Gasteiger partial charge in [0.25, 0.3) is 5.91 Å². The second-order valence-electron chi connectivity index (χ2n) is 5.42. The van der Waals surface area contributed by atoms with E-state index in [0.717, 1.165) is 6.07 Å². The second kappa shape index (κ2) is 8.98. The molecule has 10 heteroatoms. The third-order valence-corrected chi connectivity index (χ3v) is 3.47. The first-order chi connectivity index (χ1) is 13.3. The maximum Gasteiger partial charge on any atom is 0.418 e. The summed E-state index contributed by atoms with van der Waals surface area (Å²) in [5, 5.41) is 3.84. The van der Waals surface area contributed by atoms with Gasteiger partial charge in [0.15, 0.2) is 18.1 Å². The van der Waals surface area contributed by atoms with E-state index in [1.807, 2.05) is 0 Å². The van der Waals surface area contributed by atoms with Gasteiger partial charge in [0.2, 0.25) is 5.75 Å². The molecule has 3 N–H and O–H groups in total. The van der Waals surface area contributed by atoms with Gasteiger partial charge in [-0.3, -0.25) is 10.2 Å². The minimum Gasteiger partial charge on any atom is -0.493 e. The predicted molar refractivity (Wildman–Crippen MR) is 96.9 cm³/mol. The first kappa shape index (κ1) is 20.9. The van der Waals surface area contributed by atoms with Crippen LogP contribution in [0.25, 0.3) is 0 Å². The lowest BCUT2D eigenvalue weighted by molar-refractivity contribution is -0.137. The van der Waals surface area contributed by atoms with Crippen LogP contribution in [0.2, 0.25) is 0 Å². The Hall–Kier alpha value is -3.43. The Morgan fingerprint density at radius 3 is 2.32 bits per heavy atom. The molecule has 2 aromatic rings. The largest absolute Gasteiger partial charge is 0.493 e. The van der Waals surface area contributed by atoms with Gasteiger partial charge < -0.3 is 19.9 Å². The number of halogens is 3. The van der Waals surface area contributed by atoms with E-state index >= 15 is 0 Å². The van der Waals surface area contributed by atoms with E-state index in [4.69, 9.17) is 19.9 Å². The maximum atomic E-state index is 13.0. The highest BCUT2D eigenvalue weighted by Crippen LogP contribution is 2.38. The molecule has 0 bridgehead atoms. The van der Waals surface area contributed by atoms with Crippen LogP contribution in [0.5, 0.6) is 17.2 Å². The van der Waals surface area contributed by atoms with Gasteiger partial charge in [0.05, 0.1) is 31.7 Å². The Morgan fingerprint density at radius 2 is 1.79 bits per heavy atom. The molecule has 0 aliphatic carbocycles. The molecule has 1 amide bonds. The van der Waals surface area contributed by atoms with Gasteiger partial charge in [-0.25, -0.2) is 0 Å². The molecule has 2 rings (SSSR count). The van der Waals surface area contributed by atoms with Gasteiger partial charge >= 0.3 is 6.18 Å². The fraction of sp³-hybridized carbons (Fsp3) is 0.222. The molecule has 0 aromatic heterocycles. The molecule has 0 radical (unpaired) electrons. The molecular formula is C18H18F3N3O4. The fourth-order valence-corrected chi connectivity index (χ4v) is 2.26. The van der Waals surface area contributed by atoms with Crippen LogP contribution < -0.4 is 25.4 Å². The van der Waals surface area contributed by atoms with Gasteiger partial charge in [-0.2, -0.15) is 18.3 Å². The Labute approximate surface area is 158 Å². The molecule has 0 saturated heterocycles. The van der Waals surface area contributed by atoms with Gasteiger partial charge in [0, 0.05) is 5.56 Å². The second-order valence-corrected chi connectivity index (χ2v) is 5.42. The van der Waals surface area contributed by atoms with Crippen LogP contribution in [0, 0.1) is 0 Å². The molecule has 0 fully saturated rings. The summed E-state index contributed by atoms with van der Waals surface area (Å²) in [5.41, 5.74) is 6.87. The molecule has 0 aliphatic rings. The van der Waals surface area contributed by atoms with Crippen molar-refractivity contribution in [3.8, 4) is 17.2 Å². The van der Waals surface area contributed by atoms with Crippen molar-refractivity contribution in [1.82, 2.24) is 0 Å². The summed E-state index contributed by atoms with van der Waals surface area (Å²) in [6.45, 7) is -0.379. The predicted octanol–water partition coefficient (Wildman–Crippen LogP) is 3.03. The zero-order valence-corrected chi connectivity index (χ0v) is 15.0. The zero-order chi connectivity index (χ0) is 20.7. The van der Waals surface area contributed by atoms with Crippen molar-refractivity contribution in [2.45, 2.75) is 6.18 Å². The number of nitrogens with one attached hydrogen (secondary N) is 1. The van der Waals surface area contributed by atoms with Crippen LogP contribution in [0.3, 0.4) is 0 Å². The number of hydrogen-bond acceptors (Lipinski definition) is 6. The summed E-state index contributed by atoms with van der Waals surface area (Å²) >= 11 is 0. The highest BCUT2D eigenvalue weighted by atomic mass is 19.4. The molecule has 0 unspecified atom stereocenters. The standard InChI is InChI=1S/C18H18F3N3O4/c1-26-14-7-11(8-15(27-2)17(14)28-10-16(22)25)9-23-24-13-6-4-3-5-12(13)18(19,20)21/h3-9,24H,10H2,1-2H3,(H2,22,25)/b23-9-. The van der Waals surface area contributed by atoms with E-state index in [1.54, 1.807) is 0 Å². The number of anilines is 1. The van der Waals surface area contributed by atoms with E-state index in [0.29, 0.717) is 5.56 Å². The van der Waals surface area contributed by atoms with Crippen molar-refractivity contribution in [2.24, 2.45) is 10.8 Å². The van der Waals surface area contributed by atoms with Crippen LogP contribution in [0.1, 0.15) is 11.1 Å². The lowest BCUT2D eigenvalue weighted by atomic mass is 10.2. The summed E-state index contributed by atoms with van der Waals surface area (Å²) in [6.07, 6.45) is -3.22. The van der Waals surface area contributed by atoms with Gasteiger partial charge in [0.1, 0.15) is 0 Å². The van der Waals surface area contributed by atoms with E-state index in [1.165, 1.54) is 50.8 Å². The molecule has 0 aliphatic heterocycles. The highest BCUT2D eigenvalue weighted by molar-refractivity contribution is 5.83. The number of rotatable bonds is 8. The molecule has 28 heavy (non-hydrogen) atoms. The molecule has 2 aromatic carbocycles. The molecule has 0 heterocycles. The maximum absolute atomic E-state index is 13.0. The molecule has 150 valence electrons. The van der Waals surface area contributed by atoms with Crippen LogP contribution >= 0.6 is 0 Å². The monoisotopic (exact) mass is 397 g/mol. The highest BCUT2D eigenvalue weighted by Gasteiger charge is 2.33. The number of primary amides is 1. The number of benzene rings is 2. The van der Waals surface area contributed by atoms with E-state index in [-0.39, 0.29) is 29.5 Å². The van der Waals surface area contributed by atoms with Crippen LogP contribution in [-0.2, 0) is 11.0 Å². The average Bonchev–Trinajstić information content (AvgIpc) is 2.65. The topological polar surface area (TPSA) is 95.2 Å². The third kappa shape index (κ3) is 5.29. The lowest BCUT2D eigenvalue weighted by Gasteiger charge is -2.14. The minimum absolute atomic E-state index is 0.163. The Kier molecular flexibility index (Phi) is 6.69. The quantitative estimate of drug-likeness (QED) is 0.527. The molecule has 7 nitrogen and oxygen atoms in total. The number of hydrogen-bond donors (Lipinski definition) is 2. The lowest BCUT2D eigenvalue weighted by Crippen LogP contribution is -2.20. The fourth-order valence-electron chi connectivity index (χ4n) is 2.26. The summed E-state index contributed by atoms with van der Waals surface area (Å²) in [5.74, 6) is -0.0471. The molecule has 0 atom stereocenters. The number of para-hydroxylation sites is 1. The summed E-state index contributed by atoms with van der Waals surface area (Å²) < 4.78 is 54.7. The Balaban J connectivity index is 2.26. The van der Waals surface area contributed by atoms with Gasteiger partial charge in [-0.15, -0.1) is 0 Å². The van der Waals surface area contributed by atoms with E-state index in [2.05, 4.69) is 10.5 Å². The average molecular weight is 397 g/mol. The van der Waals surface area contributed by atoms with Crippen molar-refractivity contribution >= 4 is 17.8 Å². The van der Waals surface area contributed by atoms with Crippen molar-refractivity contribution in [3.63, 3.8) is 0 Å². The number of hydrazone groups is 1. The number of ether oxygens (including phenoxy) is 3. The van der Waals surface area contributed by atoms with Crippen molar-refractivity contribution in [2.75, 3.05) is 26.3 Å². The number of nitrogens with two attached hydrogens (primary N) is 1. The number of carbonyl (C=O) groups is 1. The zero-order valence-electron chi connectivity index (χ0n) is 15.0. The van der Waals surface area contributed by atoms with Crippen molar-refractivity contribution < 1.29 is 32.2 Å². The van der Waals surface area contributed by atoms with Gasteiger partial charge in [-0.05, 0) is 24.3 Å². The number of methoxy groups -OCH3 is 2. The van der Waals surface area contributed by atoms with E-state index in [9.17, 15) is 18.0 Å². The van der Waals surface area contributed by atoms with E-state index < -0.39 is 17.6 Å². The third-order valence-electron chi connectivity index (χ3n) is 3.47. The first-order valence-corrected chi connectivity index (χ1v) is 7.88. The van der Waals surface area contributed by atoms with Crippen molar-refractivity contribution in [3.05, 3.63) is 47.5 Å². The summed E-state index contributed by atoms with van der Waals surface area (Å²) in [4.78, 5) is 10.9. The van der Waals surface area contributed by atoms with Crippen LogP contribution in [0.15, 0.2) is 41.5 Å². The SMILES string of the molecule is COc1cc(/C=N\Nc2ccccc2C(F)(F)F)cc(OC)c1OCC(N)=O. The van der Waals surface area contributed by atoms with Crippen molar-refractivity contribution in [1.29, 1.82) is 0 Å². The molecular weight excluding hydrogens is 379 g/mol. The molecule has 0 spiro atoms. The smallest absolute Gasteiger partial charge is 0.418 e. The first-order valence-electron chi connectivity index (χ1n) is 7.88. The number of alkyl halides is 3. The minimum atomic E-state index is -4.51. The summed E-state index contributed by atoms with van der Waals surface area (Å²) in [7, 11) is 2.76. The Morgan fingerprint density at radius 1 is 1.18 bits per heavy atom. The van der Waals surface area contributed by atoms with Crippen LogP contribution in [-0.4, -0.2) is 32.9 Å². The normalized spacial score (nSPS) is 11.3. The van der Waals surface area contributed by atoms with Gasteiger partial charge in [-0.1, -0.05) is 12.1 Å². The Bertz CT molecular complexity index is 844. The van der Waals surface area contributed by atoms with Crippen LogP contribution in [0.4, 0.5) is 18.9 Å². The number of amides is 1. The molecule has 0 saturated carbocycles. The number of nitrogens with zero attached hydrogens (tertiary/aromatic N) is 1.